The Morgan fingerprint density at radius 1 is 1.20 bits per heavy atom. The molecule has 25 heavy (non-hydrogen) atoms. The first kappa shape index (κ1) is 21.6. The van der Waals surface area contributed by atoms with E-state index in [1.165, 1.54) is 4.88 Å². The van der Waals surface area contributed by atoms with Crippen LogP contribution in [0.3, 0.4) is 0 Å². The van der Waals surface area contributed by atoms with Crippen molar-refractivity contribution >= 4 is 41.3 Å². The normalized spacial score (nSPS) is 12.0. The third kappa shape index (κ3) is 7.96. The minimum Gasteiger partial charge on any atom is -0.497 e. The average molecular weight is 475 g/mol. The monoisotopic (exact) mass is 475 g/mol. The quantitative estimate of drug-likeness (QED) is 0.346. The second-order valence-electron chi connectivity index (χ2n) is 5.26. The summed E-state index contributed by atoms with van der Waals surface area (Å²) in [5.41, 5.74) is 0. The Morgan fingerprint density at radius 2 is 2.00 bits per heavy atom. The minimum atomic E-state index is 0. The van der Waals surface area contributed by atoms with Crippen LogP contribution in [0, 0.1) is 0 Å². The van der Waals surface area contributed by atoms with Crippen molar-refractivity contribution in [2.24, 2.45) is 4.99 Å². The van der Waals surface area contributed by atoms with E-state index in [1.807, 2.05) is 37.3 Å². The summed E-state index contributed by atoms with van der Waals surface area (Å²) in [6.45, 7) is 6.24. The molecule has 1 unspecified atom stereocenters. The number of rotatable bonds is 8. The lowest BCUT2D eigenvalue weighted by Gasteiger charge is -2.18. The molecule has 1 atom stereocenters. The number of nitrogens with one attached hydrogen (secondary N) is 2. The van der Waals surface area contributed by atoms with Crippen LogP contribution >= 0.6 is 35.3 Å². The smallest absolute Gasteiger partial charge is 0.191 e. The summed E-state index contributed by atoms with van der Waals surface area (Å²) in [4.78, 5) is 5.84. The van der Waals surface area contributed by atoms with E-state index in [-0.39, 0.29) is 30.1 Å². The number of methoxy groups -OCH3 is 1. The first-order valence-electron chi connectivity index (χ1n) is 8.06. The average Bonchev–Trinajstić information content (AvgIpc) is 3.11. The molecule has 0 saturated heterocycles. The number of nitrogens with zero attached hydrogens (tertiary/aromatic N) is 1. The maximum atomic E-state index is 5.91. The third-order valence-electron chi connectivity index (χ3n) is 3.25. The lowest BCUT2D eigenvalue weighted by Crippen LogP contribution is -2.41. The van der Waals surface area contributed by atoms with E-state index < -0.39 is 0 Å². The van der Waals surface area contributed by atoms with Gasteiger partial charge in [0.15, 0.2) is 5.96 Å². The molecule has 0 aliphatic heterocycles. The van der Waals surface area contributed by atoms with E-state index in [2.05, 4.69) is 34.0 Å². The molecule has 2 N–H and O–H groups in total. The van der Waals surface area contributed by atoms with Crippen molar-refractivity contribution in [3.05, 3.63) is 46.7 Å². The second-order valence-corrected chi connectivity index (χ2v) is 6.30. The van der Waals surface area contributed by atoms with Gasteiger partial charge < -0.3 is 20.1 Å². The summed E-state index contributed by atoms with van der Waals surface area (Å²) in [5.74, 6) is 2.38. The maximum Gasteiger partial charge on any atom is 0.191 e. The number of halogens is 1. The van der Waals surface area contributed by atoms with Gasteiger partial charge in [0.1, 0.15) is 17.6 Å². The van der Waals surface area contributed by atoms with E-state index in [4.69, 9.17) is 9.47 Å². The molecular formula is C18H26IN3O2S. The molecule has 0 bridgehead atoms. The van der Waals surface area contributed by atoms with Crippen molar-refractivity contribution in [2.75, 3.05) is 20.2 Å². The van der Waals surface area contributed by atoms with Gasteiger partial charge in [-0.25, -0.2) is 4.99 Å². The summed E-state index contributed by atoms with van der Waals surface area (Å²) in [5, 5.41) is 8.63. The molecule has 0 amide bonds. The first-order valence-corrected chi connectivity index (χ1v) is 8.94. The SMILES string of the molecule is CCNC(=NCc1cccs1)NCC(C)Oc1cccc(OC)c1.I. The van der Waals surface area contributed by atoms with Gasteiger partial charge in [-0.3, -0.25) is 0 Å². The molecule has 2 aromatic rings. The van der Waals surface area contributed by atoms with Crippen LogP contribution in [-0.4, -0.2) is 32.3 Å². The van der Waals surface area contributed by atoms with Crippen molar-refractivity contribution in [3.8, 4) is 11.5 Å². The van der Waals surface area contributed by atoms with E-state index in [1.54, 1.807) is 18.4 Å². The molecular weight excluding hydrogens is 449 g/mol. The molecule has 1 heterocycles. The molecule has 2 rings (SSSR count). The van der Waals surface area contributed by atoms with Crippen LogP contribution in [0.4, 0.5) is 0 Å². The molecule has 5 nitrogen and oxygen atoms in total. The Morgan fingerprint density at radius 3 is 2.68 bits per heavy atom. The van der Waals surface area contributed by atoms with E-state index >= 15 is 0 Å². The van der Waals surface area contributed by atoms with Crippen LogP contribution in [-0.2, 0) is 6.54 Å². The fraction of sp³-hybridized carbons (Fsp3) is 0.389. The van der Waals surface area contributed by atoms with Crippen LogP contribution in [0.15, 0.2) is 46.8 Å². The van der Waals surface area contributed by atoms with Gasteiger partial charge in [0.2, 0.25) is 0 Å². The van der Waals surface area contributed by atoms with Crippen molar-refractivity contribution in [2.45, 2.75) is 26.5 Å². The zero-order chi connectivity index (χ0) is 17.2. The molecule has 0 fully saturated rings. The topological polar surface area (TPSA) is 54.9 Å². The van der Waals surface area contributed by atoms with Gasteiger partial charge in [-0.05, 0) is 37.4 Å². The number of ether oxygens (including phenoxy) is 2. The summed E-state index contributed by atoms with van der Waals surface area (Å²) in [6.07, 6.45) is 0.00250. The fourth-order valence-electron chi connectivity index (χ4n) is 2.09. The van der Waals surface area contributed by atoms with E-state index in [0.29, 0.717) is 13.1 Å². The number of thiophene rings is 1. The van der Waals surface area contributed by atoms with Crippen molar-refractivity contribution in [1.29, 1.82) is 0 Å². The van der Waals surface area contributed by atoms with Gasteiger partial charge in [0, 0.05) is 17.5 Å². The van der Waals surface area contributed by atoms with Gasteiger partial charge >= 0.3 is 0 Å². The molecule has 7 heteroatoms. The van der Waals surface area contributed by atoms with E-state index in [0.717, 1.165) is 24.0 Å². The highest BCUT2D eigenvalue weighted by Crippen LogP contribution is 2.19. The molecule has 0 saturated carbocycles. The number of aliphatic imine (C=N–C) groups is 1. The first-order chi connectivity index (χ1) is 11.7. The summed E-state index contributed by atoms with van der Waals surface area (Å²) < 4.78 is 11.1. The minimum absolute atomic E-state index is 0. The second kappa shape index (κ2) is 12.0. The summed E-state index contributed by atoms with van der Waals surface area (Å²) in [7, 11) is 1.65. The highest BCUT2D eigenvalue weighted by molar-refractivity contribution is 14.0. The van der Waals surface area contributed by atoms with Crippen molar-refractivity contribution in [1.82, 2.24) is 10.6 Å². The van der Waals surface area contributed by atoms with Crippen LogP contribution < -0.4 is 20.1 Å². The molecule has 0 aliphatic carbocycles. The largest absolute Gasteiger partial charge is 0.497 e. The zero-order valence-electron chi connectivity index (χ0n) is 14.8. The molecule has 0 spiro atoms. The number of benzene rings is 1. The van der Waals surface area contributed by atoms with Crippen molar-refractivity contribution in [3.63, 3.8) is 0 Å². The Balaban J connectivity index is 0.00000312. The third-order valence-corrected chi connectivity index (χ3v) is 4.11. The van der Waals surface area contributed by atoms with Crippen LogP contribution in [0.25, 0.3) is 0 Å². The Labute approximate surface area is 170 Å². The molecule has 0 aliphatic rings. The van der Waals surface area contributed by atoms with Crippen LogP contribution in [0.1, 0.15) is 18.7 Å². The Bertz CT molecular complexity index is 635. The predicted octanol–water partition coefficient (Wildman–Crippen LogP) is 3.90. The van der Waals surface area contributed by atoms with Gasteiger partial charge in [-0.2, -0.15) is 0 Å². The zero-order valence-corrected chi connectivity index (χ0v) is 18.0. The van der Waals surface area contributed by atoms with Gasteiger partial charge in [0.05, 0.1) is 20.2 Å². The highest BCUT2D eigenvalue weighted by Gasteiger charge is 2.06. The van der Waals surface area contributed by atoms with Crippen molar-refractivity contribution < 1.29 is 9.47 Å². The van der Waals surface area contributed by atoms with Crippen LogP contribution in [0.2, 0.25) is 0 Å². The van der Waals surface area contributed by atoms with Gasteiger partial charge in [-0.1, -0.05) is 12.1 Å². The van der Waals surface area contributed by atoms with Gasteiger partial charge in [-0.15, -0.1) is 35.3 Å². The van der Waals surface area contributed by atoms with E-state index in [9.17, 15) is 0 Å². The molecule has 0 radical (unpaired) electrons. The van der Waals surface area contributed by atoms with Gasteiger partial charge in [0.25, 0.3) is 0 Å². The lowest BCUT2D eigenvalue weighted by atomic mass is 10.3. The summed E-state index contributed by atoms with van der Waals surface area (Å²) >= 11 is 1.71. The number of hydrogen-bond donors (Lipinski definition) is 2. The van der Waals surface area contributed by atoms with Crippen LogP contribution in [0.5, 0.6) is 11.5 Å². The standard InChI is InChI=1S/C18H25N3O2S.HI/c1-4-19-18(21-13-17-9-6-10-24-17)20-12-14(2)23-16-8-5-7-15(11-16)22-3;/h5-11,14H,4,12-13H2,1-3H3,(H2,19,20,21);1H. The lowest BCUT2D eigenvalue weighted by molar-refractivity contribution is 0.223. The maximum absolute atomic E-state index is 5.91. The summed E-state index contributed by atoms with van der Waals surface area (Å²) in [6, 6.07) is 11.8. The Hall–Kier alpha value is -1.48. The molecule has 1 aromatic carbocycles. The predicted molar refractivity (Wildman–Crippen MR) is 116 cm³/mol. The fourth-order valence-corrected chi connectivity index (χ4v) is 2.72. The molecule has 1 aromatic heterocycles. The number of guanidine groups is 1. The highest BCUT2D eigenvalue weighted by atomic mass is 127. The Kier molecular flexibility index (Phi) is 10.3. The number of hydrogen-bond acceptors (Lipinski definition) is 4. The molecule has 138 valence electrons.